The van der Waals surface area contributed by atoms with Gasteiger partial charge in [0.2, 0.25) is 0 Å². The molecular weight excluding hydrogens is 330 g/mol. The molecule has 1 aromatic carbocycles. The second-order valence-electron chi connectivity index (χ2n) is 8.00. The molecule has 0 aliphatic carbocycles. The van der Waals surface area contributed by atoms with Crippen molar-refractivity contribution >= 4 is 11.8 Å². The Kier molecular flexibility index (Phi) is 4.82. The smallest absolute Gasteiger partial charge is 0.343 e. The number of benzene rings is 1. The van der Waals surface area contributed by atoms with Crippen LogP contribution in [0.3, 0.4) is 0 Å². The molecule has 0 aromatic heterocycles. The van der Waals surface area contributed by atoms with Crippen LogP contribution in [0, 0.1) is 5.41 Å². The Bertz CT molecular complexity index is 760. The summed E-state index contributed by atoms with van der Waals surface area (Å²) >= 11 is 0. The van der Waals surface area contributed by atoms with Gasteiger partial charge in [-0.25, -0.2) is 4.79 Å². The van der Waals surface area contributed by atoms with Crippen LogP contribution in [0.25, 0.3) is 0 Å². The van der Waals surface area contributed by atoms with Gasteiger partial charge in [0.15, 0.2) is 5.78 Å². The first kappa shape index (κ1) is 18.5. The van der Waals surface area contributed by atoms with Gasteiger partial charge in [-0.3, -0.25) is 4.79 Å². The predicted octanol–water partition coefficient (Wildman–Crippen LogP) is 3.43. The minimum atomic E-state index is -0.528. The minimum Gasteiger partial charge on any atom is -0.497 e. The second-order valence-corrected chi connectivity index (χ2v) is 8.00. The van der Waals surface area contributed by atoms with E-state index in [0.29, 0.717) is 0 Å². The molecule has 5 nitrogen and oxygen atoms in total. The summed E-state index contributed by atoms with van der Waals surface area (Å²) in [5, 5.41) is 0. The highest BCUT2D eigenvalue weighted by Crippen LogP contribution is 2.45. The number of methoxy groups -OCH3 is 1. The van der Waals surface area contributed by atoms with Gasteiger partial charge in [0.1, 0.15) is 11.3 Å². The second kappa shape index (κ2) is 6.78. The first-order valence-electron chi connectivity index (χ1n) is 9.12. The topological polar surface area (TPSA) is 55.8 Å². The molecule has 2 unspecified atom stereocenters. The summed E-state index contributed by atoms with van der Waals surface area (Å²) in [7, 11) is 1.64. The van der Waals surface area contributed by atoms with E-state index < -0.39 is 5.97 Å². The highest BCUT2D eigenvalue weighted by molar-refractivity contribution is 6.17. The van der Waals surface area contributed by atoms with Crippen molar-refractivity contribution in [2.75, 3.05) is 13.7 Å². The molecule has 0 saturated heterocycles. The number of hydrogen-bond acceptors (Lipinski definition) is 5. The molecule has 2 atom stereocenters. The average Bonchev–Trinajstić information content (AvgIpc) is 2.59. The van der Waals surface area contributed by atoms with Crippen molar-refractivity contribution in [3.05, 3.63) is 41.1 Å². The Morgan fingerprint density at radius 2 is 2.00 bits per heavy atom. The molecule has 3 rings (SSSR count). The lowest BCUT2D eigenvalue weighted by Gasteiger charge is -2.50. The van der Waals surface area contributed by atoms with E-state index >= 15 is 0 Å². The van der Waals surface area contributed by atoms with Gasteiger partial charge in [-0.2, -0.15) is 0 Å². The molecule has 0 bridgehead atoms. The number of esters is 1. The number of nitrogens with zero attached hydrogens (tertiary/aromatic N) is 1. The van der Waals surface area contributed by atoms with Crippen molar-refractivity contribution in [1.29, 1.82) is 0 Å². The summed E-state index contributed by atoms with van der Waals surface area (Å²) in [6, 6.07) is 6.19. The van der Waals surface area contributed by atoms with Crippen LogP contribution in [-0.2, 0) is 20.7 Å². The van der Waals surface area contributed by atoms with Crippen LogP contribution in [0.5, 0.6) is 5.75 Å². The Labute approximate surface area is 155 Å². The molecular formula is C21H27NO4. The number of rotatable bonds is 3. The van der Waals surface area contributed by atoms with Crippen LogP contribution in [0.15, 0.2) is 30.0 Å². The van der Waals surface area contributed by atoms with E-state index in [2.05, 4.69) is 31.7 Å². The van der Waals surface area contributed by atoms with Gasteiger partial charge in [0.25, 0.3) is 0 Å². The number of ether oxygens (including phenoxy) is 2. The van der Waals surface area contributed by atoms with E-state index in [9.17, 15) is 9.59 Å². The van der Waals surface area contributed by atoms with E-state index in [1.54, 1.807) is 20.2 Å². The summed E-state index contributed by atoms with van der Waals surface area (Å²) in [6.07, 6.45) is 2.87. The number of hydrogen-bond donors (Lipinski definition) is 0. The Hall–Kier alpha value is -2.30. The van der Waals surface area contributed by atoms with Gasteiger partial charge in [0.05, 0.1) is 19.8 Å². The molecule has 5 heteroatoms. The number of carbonyl (C=O) groups is 2. The molecule has 0 spiro atoms. The van der Waals surface area contributed by atoms with E-state index in [4.69, 9.17) is 9.47 Å². The molecule has 0 amide bonds. The van der Waals surface area contributed by atoms with Crippen molar-refractivity contribution in [2.24, 2.45) is 5.41 Å². The Morgan fingerprint density at radius 1 is 1.27 bits per heavy atom. The third-order valence-electron chi connectivity index (χ3n) is 5.30. The molecule has 26 heavy (non-hydrogen) atoms. The Balaban J connectivity index is 2.09. The van der Waals surface area contributed by atoms with E-state index in [1.165, 1.54) is 5.56 Å². The summed E-state index contributed by atoms with van der Waals surface area (Å²) < 4.78 is 10.5. The van der Waals surface area contributed by atoms with Crippen LogP contribution >= 0.6 is 0 Å². The van der Waals surface area contributed by atoms with Gasteiger partial charge in [-0.15, -0.1) is 0 Å². The maximum atomic E-state index is 12.7. The van der Waals surface area contributed by atoms with E-state index in [1.807, 2.05) is 12.1 Å². The fourth-order valence-electron chi connectivity index (χ4n) is 3.92. The molecule has 0 radical (unpaired) electrons. The number of carbonyl (C=O) groups excluding carboxylic acids is 2. The monoisotopic (exact) mass is 357 g/mol. The van der Waals surface area contributed by atoms with Crippen molar-refractivity contribution in [2.45, 2.75) is 52.6 Å². The maximum absolute atomic E-state index is 12.7. The fourth-order valence-corrected chi connectivity index (χ4v) is 3.92. The molecule has 2 aliphatic heterocycles. The SMILES string of the molecule is CCOC(=O)C1=CN2C(CC1=O)c1cc(OC)ccc1CC2C(C)(C)C. The minimum absolute atomic E-state index is 0.00741. The van der Waals surface area contributed by atoms with Crippen LogP contribution in [0.2, 0.25) is 0 Å². The highest BCUT2D eigenvalue weighted by atomic mass is 16.5. The average molecular weight is 357 g/mol. The lowest BCUT2D eigenvalue weighted by atomic mass is 9.74. The van der Waals surface area contributed by atoms with E-state index in [-0.39, 0.29) is 41.9 Å². The largest absolute Gasteiger partial charge is 0.497 e. The number of fused-ring (bicyclic) bond motifs is 3. The molecule has 2 aliphatic rings. The zero-order valence-electron chi connectivity index (χ0n) is 16.2. The van der Waals surface area contributed by atoms with Gasteiger partial charge >= 0.3 is 5.97 Å². The summed E-state index contributed by atoms with van der Waals surface area (Å²) in [4.78, 5) is 27.1. The fraction of sp³-hybridized carbons (Fsp3) is 0.524. The standard InChI is InChI=1S/C21H27NO4/c1-6-26-20(24)16-12-22-17(11-18(16)23)15-10-14(25-5)8-7-13(15)9-19(22)21(2,3)4/h7-8,10,12,17,19H,6,9,11H2,1-5H3. The van der Waals surface area contributed by atoms with Crippen LogP contribution in [-0.4, -0.2) is 36.4 Å². The van der Waals surface area contributed by atoms with Crippen molar-refractivity contribution in [3.8, 4) is 5.75 Å². The predicted molar refractivity (Wildman–Crippen MR) is 98.9 cm³/mol. The van der Waals surface area contributed by atoms with E-state index in [0.717, 1.165) is 17.7 Å². The lowest BCUT2D eigenvalue weighted by Crippen LogP contribution is -2.50. The summed E-state index contributed by atoms with van der Waals surface area (Å²) in [6.45, 7) is 8.58. The highest BCUT2D eigenvalue weighted by Gasteiger charge is 2.43. The number of Topliss-reactive ketones (excluding diaryl/α,β-unsaturated/α-hetero) is 1. The quantitative estimate of drug-likeness (QED) is 0.613. The van der Waals surface area contributed by atoms with Crippen molar-refractivity contribution in [1.82, 2.24) is 4.90 Å². The normalized spacial score (nSPS) is 22.3. The molecule has 0 fully saturated rings. The summed E-state index contributed by atoms with van der Waals surface area (Å²) in [5.41, 5.74) is 2.50. The van der Waals surface area contributed by atoms with Crippen molar-refractivity contribution < 1.29 is 19.1 Å². The summed E-state index contributed by atoms with van der Waals surface area (Å²) in [5.74, 6) is 0.0959. The zero-order chi connectivity index (χ0) is 19.1. The maximum Gasteiger partial charge on any atom is 0.343 e. The Morgan fingerprint density at radius 3 is 2.62 bits per heavy atom. The molecule has 0 saturated carbocycles. The molecule has 140 valence electrons. The lowest BCUT2D eigenvalue weighted by molar-refractivity contribution is -0.140. The first-order chi connectivity index (χ1) is 12.3. The van der Waals surface area contributed by atoms with Crippen LogP contribution in [0.1, 0.15) is 51.3 Å². The van der Waals surface area contributed by atoms with Crippen LogP contribution < -0.4 is 4.74 Å². The van der Waals surface area contributed by atoms with Crippen molar-refractivity contribution in [3.63, 3.8) is 0 Å². The zero-order valence-corrected chi connectivity index (χ0v) is 16.2. The number of ketones is 1. The van der Waals surface area contributed by atoms with Crippen LogP contribution in [0.4, 0.5) is 0 Å². The molecule has 2 heterocycles. The third kappa shape index (κ3) is 3.22. The van der Waals surface area contributed by atoms with Gasteiger partial charge in [-0.05, 0) is 42.0 Å². The van der Waals surface area contributed by atoms with Gasteiger partial charge in [-0.1, -0.05) is 26.8 Å². The van der Waals surface area contributed by atoms with Gasteiger partial charge in [0, 0.05) is 18.7 Å². The molecule has 1 aromatic rings. The van der Waals surface area contributed by atoms with Gasteiger partial charge < -0.3 is 14.4 Å². The first-order valence-corrected chi connectivity index (χ1v) is 9.12. The third-order valence-corrected chi connectivity index (χ3v) is 5.30. The molecule has 0 N–H and O–H groups in total.